The Balaban J connectivity index is 1.88. The largest absolute Gasteiger partial charge is 0.383 e. The van der Waals surface area contributed by atoms with Crippen molar-refractivity contribution >= 4 is 23.2 Å². The quantitative estimate of drug-likeness (QED) is 0.938. The topological polar surface area (TPSA) is 55.0 Å². The number of hydrogen-bond acceptors (Lipinski definition) is 4. The van der Waals surface area contributed by atoms with E-state index in [1.807, 2.05) is 32.2 Å². The number of benzene rings is 1. The molecule has 21 heavy (non-hydrogen) atoms. The average Bonchev–Trinajstić information content (AvgIpc) is 3.26. The van der Waals surface area contributed by atoms with Crippen molar-refractivity contribution in [3.8, 4) is 0 Å². The highest BCUT2D eigenvalue weighted by Crippen LogP contribution is 2.39. The SMILES string of the molecule is Cc1c(N)nc(C2CC2)nc1N(C)Cc1cccc(Cl)c1. The number of nitrogen functional groups attached to an aromatic ring is 1. The summed E-state index contributed by atoms with van der Waals surface area (Å²) in [7, 11) is 2.02. The van der Waals surface area contributed by atoms with Gasteiger partial charge in [-0.25, -0.2) is 9.97 Å². The number of nitrogens with zero attached hydrogens (tertiary/aromatic N) is 3. The van der Waals surface area contributed by atoms with Crippen molar-refractivity contribution in [3.63, 3.8) is 0 Å². The lowest BCUT2D eigenvalue weighted by Gasteiger charge is -2.21. The fraction of sp³-hybridized carbons (Fsp3) is 0.375. The van der Waals surface area contributed by atoms with Crippen LogP contribution in [0.5, 0.6) is 0 Å². The zero-order valence-corrected chi connectivity index (χ0v) is 13.1. The van der Waals surface area contributed by atoms with Gasteiger partial charge >= 0.3 is 0 Å². The van der Waals surface area contributed by atoms with Crippen LogP contribution >= 0.6 is 11.6 Å². The molecule has 1 fully saturated rings. The number of hydrogen-bond donors (Lipinski definition) is 1. The molecule has 2 aromatic rings. The van der Waals surface area contributed by atoms with E-state index < -0.39 is 0 Å². The average molecular weight is 303 g/mol. The molecule has 1 aromatic heterocycles. The Hall–Kier alpha value is -1.81. The Morgan fingerprint density at radius 2 is 2.10 bits per heavy atom. The van der Waals surface area contributed by atoms with E-state index in [1.54, 1.807) is 0 Å². The van der Waals surface area contributed by atoms with Gasteiger partial charge in [0.15, 0.2) is 0 Å². The lowest BCUT2D eigenvalue weighted by molar-refractivity contribution is 0.848. The lowest BCUT2D eigenvalue weighted by atomic mass is 10.2. The van der Waals surface area contributed by atoms with Crippen molar-refractivity contribution in [2.45, 2.75) is 32.2 Å². The molecule has 1 saturated carbocycles. The number of nitrogens with two attached hydrogens (primary N) is 1. The molecule has 1 aliphatic carbocycles. The summed E-state index contributed by atoms with van der Waals surface area (Å²) in [6, 6.07) is 7.87. The van der Waals surface area contributed by atoms with Crippen molar-refractivity contribution in [2.75, 3.05) is 17.7 Å². The van der Waals surface area contributed by atoms with E-state index >= 15 is 0 Å². The summed E-state index contributed by atoms with van der Waals surface area (Å²) in [5.74, 6) is 2.86. The Kier molecular flexibility index (Phi) is 3.72. The molecule has 0 amide bonds. The van der Waals surface area contributed by atoms with Crippen LogP contribution in [-0.4, -0.2) is 17.0 Å². The van der Waals surface area contributed by atoms with E-state index in [0.29, 0.717) is 11.7 Å². The molecule has 0 unspecified atom stereocenters. The number of rotatable bonds is 4. The van der Waals surface area contributed by atoms with Gasteiger partial charge in [0, 0.05) is 30.1 Å². The third-order valence-electron chi connectivity index (χ3n) is 3.79. The lowest BCUT2D eigenvalue weighted by Crippen LogP contribution is -2.20. The van der Waals surface area contributed by atoms with Gasteiger partial charge in [-0.05, 0) is 37.5 Å². The first-order valence-corrected chi connectivity index (χ1v) is 7.52. The highest BCUT2D eigenvalue weighted by atomic mass is 35.5. The van der Waals surface area contributed by atoms with Gasteiger partial charge in [-0.3, -0.25) is 0 Å². The second-order valence-corrected chi connectivity index (χ2v) is 6.11. The molecule has 0 radical (unpaired) electrons. The van der Waals surface area contributed by atoms with E-state index in [4.69, 9.17) is 22.3 Å². The van der Waals surface area contributed by atoms with Gasteiger partial charge in [0.2, 0.25) is 0 Å². The maximum atomic E-state index is 6.04. The Morgan fingerprint density at radius 1 is 1.33 bits per heavy atom. The van der Waals surface area contributed by atoms with Gasteiger partial charge in [0.05, 0.1) is 0 Å². The van der Waals surface area contributed by atoms with E-state index in [-0.39, 0.29) is 0 Å². The first kappa shape index (κ1) is 14.1. The number of halogens is 1. The predicted octanol–water partition coefficient (Wildman–Crippen LogP) is 3.53. The van der Waals surface area contributed by atoms with Gasteiger partial charge in [-0.15, -0.1) is 0 Å². The third-order valence-corrected chi connectivity index (χ3v) is 4.02. The molecule has 0 saturated heterocycles. The van der Waals surface area contributed by atoms with Crippen LogP contribution in [0.2, 0.25) is 5.02 Å². The zero-order chi connectivity index (χ0) is 15.0. The van der Waals surface area contributed by atoms with Crippen LogP contribution in [0.15, 0.2) is 24.3 Å². The first-order valence-electron chi connectivity index (χ1n) is 7.14. The molecule has 4 nitrogen and oxygen atoms in total. The summed E-state index contributed by atoms with van der Waals surface area (Å²) in [5, 5.41) is 0.749. The summed E-state index contributed by atoms with van der Waals surface area (Å²) >= 11 is 6.04. The Labute approximate surface area is 130 Å². The van der Waals surface area contributed by atoms with Crippen LogP contribution in [-0.2, 0) is 6.54 Å². The summed E-state index contributed by atoms with van der Waals surface area (Å²) < 4.78 is 0. The first-order chi connectivity index (χ1) is 10.0. The summed E-state index contributed by atoms with van der Waals surface area (Å²) in [5.41, 5.74) is 8.13. The van der Waals surface area contributed by atoms with Crippen LogP contribution in [0.4, 0.5) is 11.6 Å². The highest BCUT2D eigenvalue weighted by molar-refractivity contribution is 6.30. The van der Waals surface area contributed by atoms with Gasteiger partial charge in [-0.2, -0.15) is 0 Å². The maximum absolute atomic E-state index is 6.04. The molecule has 0 aliphatic heterocycles. The van der Waals surface area contributed by atoms with E-state index in [1.165, 1.54) is 12.8 Å². The Bertz CT molecular complexity index is 667. The molecule has 110 valence electrons. The monoisotopic (exact) mass is 302 g/mol. The van der Waals surface area contributed by atoms with Gasteiger partial charge in [0.1, 0.15) is 17.5 Å². The van der Waals surface area contributed by atoms with E-state index in [2.05, 4.69) is 16.0 Å². The standard InChI is InChI=1S/C16H19ClN4/c1-10-14(18)19-15(12-6-7-12)20-16(10)21(2)9-11-4-3-5-13(17)8-11/h3-5,8,12H,6-7,9H2,1-2H3,(H2,18,19,20). The molecule has 1 heterocycles. The zero-order valence-electron chi connectivity index (χ0n) is 12.3. The summed E-state index contributed by atoms with van der Waals surface area (Å²) in [6.45, 7) is 2.71. The number of anilines is 2. The molecule has 2 N–H and O–H groups in total. The minimum absolute atomic E-state index is 0.492. The van der Waals surface area contributed by atoms with Crippen LogP contribution in [0.25, 0.3) is 0 Å². The minimum atomic E-state index is 0.492. The number of aromatic nitrogens is 2. The molecule has 0 atom stereocenters. The van der Waals surface area contributed by atoms with Crippen LogP contribution in [0.3, 0.4) is 0 Å². The van der Waals surface area contributed by atoms with Crippen molar-refractivity contribution in [3.05, 3.63) is 46.2 Å². The molecule has 3 rings (SSSR count). The van der Waals surface area contributed by atoms with Crippen LogP contribution < -0.4 is 10.6 Å². The van der Waals surface area contributed by atoms with Gasteiger partial charge < -0.3 is 10.6 Å². The van der Waals surface area contributed by atoms with Crippen molar-refractivity contribution in [1.82, 2.24) is 9.97 Å². The summed E-state index contributed by atoms with van der Waals surface area (Å²) in [6.07, 6.45) is 2.33. The van der Waals surface area contributed by atoms with Crippen molar-refractivity contribution in [1.29, 1.82) is 0 Å². The van der Waals surface area contributed by atoms with E-state index in [9.17, 15) is 0 Å². The second kappa shape index (κ2) is 5.53. The molecule has 1 aliphatic rings. The van der Waals surface area contributed by atoms with Gasteiger partial charge in [-0.1, -0.05) is 23.7 Å². The molecular formula is C16H19ClN4. The van der Waals surface area contributed by atoms with Crippen molar-refractivity contribution in [2.24, 2.45) is 0 Å². The fourth-order valence-corrected chi connectivity index (χ4v) is 2.63. The molecular weight excluding hydrogens is 284 g/mol. The summed E-state index contributed by atoms with van der Waals surface area (Å²) in [4.78, 5) is 11.2. The molecule has 1 aromatic carbocycles. The third kappa shape index (κ3) is 3.10. The highest BCUT2D eigenvalue weighted by Gasteiger charge is 2.28. The normalized spacial score (nSPS) is 14.2. The minimum Gasteiger partial charge on any atom is -0.383 e. The fourth-order valence-electron chi connectivity index (χ4n) is 2.42. The Morgan fingerprint density at radius 3 is 2.76 bits per heavy atom. The van der Waals surface area contributed by atoms with Crippen LogP contribution in [0.1, 0.15) is 35.7 Å². The smallest absolute Gasteiger partial charge is 0.137 e. The van der Waals surface area contributed by atoms with Crippen LogP contribution in [0, 0.1) is 6.92 Å². The van der Waals surface area contributed by atoms with Crippen molar-refractivity contribution < 1.29 is 0 Å². The molecule has 0 bridgehead atoms. The molecule has 0 spiro atoms. The maximum Gasteiger partial charge on any atom is 0.137 e. The predicted molar refractivity (Wildman–Crippen MR) is 86.7 cm³/mol. The second-order valence-electron chi connectivity index (χ2n) is 5.68. The van der Waals surface area contributed by atoms with Gasteiger partial charge in [0.25, 0.3) is 0 Å². The molecule has 5 heteroatoms. The van der Waals surface area contributed by atoms with E-state index in [0.717, 1.165) is 34.3 Å².